The summed E-state index contributed by atoms with van der Waals surface area (Å²) in [6.07, 6.45) is 5.55. The summed E-state index contributed by atoms with van der Waals surface area (Å²) in [4.78, 5) is 10.4. The molecule has 3 rings (SSSR count). The van der Waals surface area contributed by atoms with Gasteiger partial charge < -0.3 is 10.6 Å². The first-order valence-corrected chi connectivity index (χ1v) is 7.01. The summed E-state index contributed by atoms with van der Waals surface area (Å²) >= 11 is 0. The number of nitrogens with zero attached hydrogens (tertiary/aromatic N) is 6. The minimum absolute atomic E-state index is 0.289. The van der Waals surface area contributed by atoms with Crippen LogP contribution in [0.4, 0.5) is 11.6 Å². The summed E-state index contributed by atoms with van der Waals surface area (Å²) < 4.78 is 1.44. The summed E-state index contributed by atoms with van der Waals surface area (Å²) in [7, 11) is 0. The summed E-state index contributed by atoms with van der Waals surface area (Å²) in [6.45, 7) is 3.99. The number of hydrogen-bond donors (Lipinski definition) is 1. The van der Waals surface area contributed by atoms with Crippen LogP contribution in [-0.2, 0) is 0 Å². The van der Waals surface area contributed by atoms with Crippen molar-refractivity contribution < 1.29 is 0 Å². The average Bonchev–Trinajstić information content (AvgIpc) is 2.85. The molecule has 1 saturated heterocycles. The molecular weight excluding hydrogens is 266 g/mol. The molecule has 2 N–H and O–H groups in total. The SMILES string of the molecule is CC1CCCN(c2nn(-c3ncccn3)c(N)c2C#N)C1. The average molecular weight is 283 g/mol. The number of rotatable bonds is 2. The Labute approximate surface area is 123 Å². The predicted octanol–water partition coefficient (Wildman–Crippen LogP) is 1.35. The van der Waals surface area contributed by atoms with Crippen LogP contribution in [0.15, 0.2) is 18.5 Å². The second-order valence-corrected chi connectivity index (χ2v) is 5.35. The molecule has 1 unspecified atom stereocenters. The van der Waals surface area contributed by atoms with Gasteiger partial charge in [0.15, 0.2) is 11.6 Å². The zero-order valence-corrected chi connectivity index (χ0v) is 11.9. The highest BCUT2D eigenvalue weighted by atomic mass is 15.4. The van der Waals surface area contributed by atoms with Gasteiger partial charge in [0, 0.05) is 25.5 Å². The molecule has 2 aromatic rings. The van der Waals surface area contributed by atoms with Crippen LogP contribution < -0.4 is 10.6 Å². The van der Waals surface area contributed by atoms with Crippen molar-refractivity contribution in [2.24, 2.45) is 5.92 Å². The fourth-order valence-electron chi connectivity index (χ4n) is 2.68. The Kier molecular flexibility index (Phi) is 3.44. The molecule has 21 heavy (non-hydrogen) atoms. The number of nitrogen functional groups attached to an aromatic ring is 1. The maximum atomic E-state index is 9.41. The van der Waals surface area contributed by atoms with E-state index in [-0.39, 0.29) is 5.82 Å². The van der Waals surface area contributed by atoms with E-state index in [0.29, 0.717) is 23.2 Å². The summed E-state index contributed by atoms with van der Waals surface area (Å²) in [5, 5.41) is 13.9. The zero-order chi connectivity index (χ0) is 14.8. The van der Waals surface area contributed by atoms with E-state index in [1.807, 2.05) is 0 Å². The van der Waals surface area contributed by atoms with E-state index >= 15 is 0 Å². The molecule has 0 radical (unpaired) electrons. The molecule has 3 heterocycles. The second kappa shape index (κ2) is 5.40. The highest BCUT2D eigenvalue weighted by Crippen LogP contribution is 2.29. The van der Waals surface area contributed by atoms with Gasteiger partial charge in [-0.1, -0.05) is 6.92 Å². The first-order valence-electron chi connectivity index (χ1n) is 7.01. The number of anilines is 2. The topological polar surface area (TPSA) is 96.7 Å². The molecule has 0 saturated carbocycles. The molecular formula is C14H17N7. The van der Waals surface area contributed by atoms with Gasteiger partial charge in [0.1, 0.15) is 11.6 Å². The minimum atomic E-state index is 0.289. The van der Waals surface area contributed by atoms with Crippen molar-refractivity contribution in [2.45, 2.75) is 19.8 Å². The Morgan fingerprint density at radius 3 is 2.81 bits per heavy atom. The van der Waals surface area contributed by atoms with E-state index in [1.165, 1.54) is 11.1 Å². The number of aromatic nitrogens is 4. The Morgan fingerprint density at radius 1 is 1.38 bits per heavy atom. The lowest BCUT2D eigenvalue weighted by Gasteiger charge is -2.31. The van der Waals surface area contributed by atoms with Crippen molar-refractivity contribution in [1.82, 2.24) is 19.7 Å². The van der Waals surface area contributed by atoms with Gasteiger partial charge in [-0.25, -0.2) is 9.97 Å². The highest BCUT2D eigenvalue weighted by Gasteiger charge is 2.25. The van der Waals surface area contributed by atoms with Crippen molar-refractivity contribution in [3.05, 3.63) is 24.0 Å². The zero-order valence-electron chi connectivity index (χ0n) is 11.9. The van der Waals surface area contributed by atoms with Crippen LogP contribution in [0.5, 0.6) is 0 Å². The smallest absolute Gasteiger partial charge is 0.252 e. The maximum Gasteiger partial charge on any atom is 0.252 e. The lowest BCUT2D eigenvalue weighted by Crippen LogP contribution is -2.35. The third kappa shape index (κ3) is 2.40. The molecule has 1 aliphatic rings. The molecule has 2 aromatic heterocycles. The fourth-order valence-corrected chi connectivity index (χ4v) is 2.68. The van der Waals surface area contributed by atoms with Crippen LogP contribution in [0.1, 0.15) is 25.3 Å². The molecule has 1 fully saturated rings. The van der Waals surface area contributed by atoms with Gasteiger partial charge >= 0.3 is 0 Å². The molecule has 0 amide bonds. The third-order valence-electron chi connectivity index (χ3n) is 3.71. The molecule has 0 bridgehead atoms. The predicted molar refractivity (Wildman–Crippen MR) is 78.9 cm³/mol. The van der Waals surface area contributed by atoms with Crippen LogP contribution in [0.25, 0.3) is 5.95 Å². The first-order chi connectivity index (χ1) is 10.2. The van der Waals surface area contributed by atoms with Gasteiger partial charge in [0.05, 0.1) is 0 Å². The fraction of sp³-hybridized carbons (Fsp3) is 0.429. The molecule has 0 spiro atoms. The van der Waals surface area contributed by atoms with Crippen molar-refractivity contribution in [3.8, 4) is 12.0 Å². The molecule has 7 heteroatoms. The Balaban J connectivity index is 2.04. The largest absolute Gasteiger partial charge is 0.382 e. The quantitative estimate of drug-likeness (QED) is 0.893. The van der Waals surface area contributed by atoms with Crippen LogP contribution in [0.2, 0.25) is 0 Å². The van der Waals surface area contributed by atoms with E-state index in [4.69, 9.17) is 5.73 Å². The van der Waals surface area contributed by atoms with Gasteiger partial charge in [0.2, 0.25) is 0 Å². The number of nitrogens with two attached hydrogens (primary N) is 1. The molecule has 1 aliphatic heterocycles. The normalized spacial score (nSPS) is 18.5. The van der Waals surface area contributed by atoms with Crippen LogP contribution in [-0.4, -0.2) is 32.8 Å². The summed E-state index contributed by atoms with van der Waals surface area (Å²) in [5.41, 5.74) is 6.46. The van der Waals surface area contributed by atoms with Crippen LogP contribution in [0.3, 0.4) is 0 Å². The van der Waals surface area contributed by atoms with E-state index < -0.39 is 0 Å². The van der Waals surface area contributed by atoms with Crippen LogP contribution >= 0.6 is 0 Å². The second-order valence-electron chi connectivity index (χ2n) is 5.35. The number of hydrogen-bond acceptors (Lipinski definition) is 6. The van der Waals surface area contributed by atoms with E-state index in [2.05, 4.69) is 33.0 Å². The summed E-state index contributed by atoms with van der Waals surface area (Å²) in [6, 6.07) is 3.88. The third-order valence-corrected chi connectivity index (χ3v) is 3.71. The van der Waals surface area contributed by atoms with Gasteiger partial charge in [-0.2, -0.15) is 9.94 Å². The maximum absolute atomic E-state index is 9.41. The summed E-state index contributed by atoms with van der Waals surface area (Å²) in [5.74, 6) is 1.89. The Morgan fingerprint density at radius 2 is 2.14 bits per heavy atom. The van der Waals surface area contributed by atoms with E-state index in [1.54, 1.807) is 18.5 Å². The van der Waals surface area contributed by atoms with Gasteiger partial charge in [-0.15, -0.1) is 5.10 Å². The lowest BCUT2D eigenvalue weighted by molar-refractivity contribution is 0.444. The number of nitriles is 1. The van der Waals surface area contributed by atoms with Crippen molar-refractivity contribution in [2.75, 3.05) is 23.7 Å². The monoisotopic (exact) mass is 283 g/mol. The van der Waals surface area contributed by atoms with E-state index in [9.17, 15) is 5.26 Å². The molecule has 1 atom stereocenters. The van der Waals surface area contributed by atoms with Crippen LogP contribution in [0, 0.1) is 17.2 Å². The minimum Gasteiger partial charge on any atom is -0.382 e. The van der Waals surface area contributed by atoms with Gasteiger partial charge in [-0.3, -0.25) is 0 Å². The Hall–Kier alpha value is -2.62. The van der Waals surface area contributed by atoms with E-state index in [0.717, 1.165) is 19.5 Å². The number of piperidine rings is 1. The van der Waals surface area contributed by atoms with Crippen molar-refractivity contribution >= 4 is 11.6 Å². The van der Waals surface area contributed by atoms with Crippen molar-refractivity contribution in [3.63, 3.8) is 0 Å². The lowest BCUT2D eigenvalue weighted by atomic mass is 10.0. The molecule has 0 aliphatic carbocycles. The standard InChI is InChI=1S/C14H17N7/c1-10-4-2-7-20(9-10)13-11(8-15)12(16)21(19-13)14-17-5-3-6-18-14/h3,5-6,10H,2,4,7,9,16H2,1H3. The van der Waals surface area contributed by atoms with Gasteiger partial charge in [-0.05, 0) is 24.8 Å². The van der Waals surface area contributed by atoms with Gasteiger partial charge in [0.25, 0.3) is 5.95 Å². The van der Waals surface area contributed by atoms with Crippen molar-refractivity contribution in [1.29, 1.82) is 5.26 Å². The first kappa shape index (κ1) is 13.4. The highest BCUT2D eigenvalue weighted by molar-refractivity contribution is 5.66. The Bertz CT molecular complexity index is 671. The molecule has 7 nitrogen and oxygen atoms in total. The molecule has 0 aromatic carbocycles. The molecule has 108 valence electrons.